The van der Waals surface area contributed by atoms with Gasteiger partial charge in [-0.1, -0.05) is 0 Å². The summed E-state index contributed by atoms with van der Waals surface area (Å²) in [5, 5.41) is 11.7. The fourth-order valence-electron chi connectivity index (χ4n) is 3.80. The van der Waals surface area contributed by atoms with E-state index in [1.165, 1.54) is 9.58 Å². The molecule has 1 fully saturated rings. The van der Waals surface area contributed by atoms with Crippen LogP contribution >= 0.6 is 0 Å². The van der Waals surface area contributed by atoms with Crippen LogP contribution in [-0.2, 0) is 18.9 Å². The van der Waals surface area contributed by atoms with Crippen molar-refractivity contribution in [1.29, 1.82) is 0 Å². The number of carbonyl (C=O) groups excluding carboxylic acids is 1. The Kier molecular flexibility index (Phi) is 6.89. The molecular weight excluding hydrogens is 494 g/mol. The van der Waals surface area contributed by atoms with Gasteiger partial charge in [-0.25, -0.2) is 0 Å². The molecule has 1 amide bonds. The largest absolute Gasteiger partial charge is 0.497 e. The number of ether oxygens (including phenoxy) is 1. The maximum Gasteiger partial charge on any atom is 0.416 e. The molecule has 0 atom stereocenters. The molecule has 0 unspecified atom stereocenters. The first kappa shape index (κ1) is 25.4. The second-order valence-corrected chi connectivity index (χ2v) is 8.07. The summed E-state index contributed by atoms with van der Waals surface area (Å²) in [4.78, 5) is 16.0. The van der Waals surface area contributed by atoms with E-state index in [1.54, 1.807) is 31.4 Å². The van der Waals surface area contributed by atoms with Crippen molar-refractivity contribution in [2.24, 2.45) is 0 Å². The molecule has 0 spiro atoms. The van der Waals surface area contributed by atoms with Crippen LogP contribution in [0.2, 0.25) is 0 Å². The number of amides is 1. The van der Waals surface area contributed by atoms with Gasteiger partial charge >= 0.3 is 12.4 Å². The number of tetrazole rings is 1. The van der Waals surface area contributed by atoms with E-state index in [0.29, 0.717) is 49.0 Å². The van der Waals surface area contributed by atoms with Gasteiger partial charge in [0.25, 0.3) is 5.91 Å². The van der Waals surface area contributed by atoms with Crippen LogP contribution in [0.25, 0.3) is 5.69 Å². The number of hydrogen-bond acceptors (Lipinski definition) is 6. The van der Waals surface area contributed by atoms with Gasteiger partial charge in [0, 0.05) is 31.7 Å². The number of alkyl halides is 6. The predicted molar refractivity (Wildman–Crippen MR) is 113 cm³/mol. The number of aromatic nitrogens is 4. The SMILES string of the molecule is COc1ccc(-n2nnnc2CN2CCN(C(=O)c3cc(C(F)(F)F)cc(C(F)(F)F)c3)CC2)cc1. The fourth-order valence-corrected chi connectivity index (χ4v) is 3.80. The predicted octanol–water partition coefficient (Wildman–Crippen LogP) is 3.67. The Morgan fingerprint density at radius 3 is 2.03 bits per heavy atom. The average Bonchev–Trinajstić information content (AvgIpc) is 3.31. The van der Waals surface area contributed by atoms with Crippen molar-refractivity contribution in [2.75, 3.05) is 33.3 Å². The first-order chi connectivity index (χ1) is 17.0. The van der Waals surface area contributed by atoms with Crippen LogP contribution in [-0.4, -0.2) is 69.2 Å². The van der Waals surface area contributed by atoms with E-state index in [4.69, 9.17) is 4.74 Å². The molecule has 36 heavy (non-hydrogen) atoms. The summed E-state index contributed by atoms with van der Waals surface area (Å²) in [5.41, 5.74) is -3.00. The van der Waals surface area contributed by atoms with E-state index < -0.39 is 35.0 Å². The van der Waals surface area contributed by atoms with Gasteiger partial charge in [0.05, 0.1) is 30.5 Å². The van der Waals surface area contributed by atoms with Crippen molar-refractivity contribution in [2.45, 2.75) is 18.9 Å². The third-order valence-corrected chi connectivity index (χ3v) is 5.71. The molecule has 1 aliphatic heterocycles. The standard InChI is InChI=1S/C22H20F6N6O2/c1-36-18-4-2-17(3-5-18)34-19(29-30-31-34)13-32-6-8-33(9-7-32)20(35)14-10-15(21(23,24)25)12-16(11-14)22(26,27)28/h2-5,10-12H,6-9,13H2,1H3. The summed E-state index contributed by atoms with van der Waals surface area (Å²) in [6, 6.07) is 7.97. The van der Waals surface area contributed by atoms with Crippen LogP contribution in [0, 0.1) is 0 Å². The Labute approximate surface area is 201 Å². The van der Waals surface area contributed by atoms with Gasteiger partial charge in [-0.3, -0.25) is 9.69 Å². The summed E-state index contributed by atoms with van der Waals surface area (Å²) in [6.07, 6.45) is -10.0. The van der Waals surface area contributed by atoms with Crippen molar-refractivity contribution < 1.29 is 35.9 Å². The molecule has 2 aromatic carbocycles. The van der Waals surface area contributed by atoms with Crippen molar-refractivity contribution in [3.05, 3.63) is 65.0 Å². The van der Waals surface area contributed by atoms with Gasteiger partial charge in [-0.2, -0.15) is 31.0 Å². The minimum Gasteiger partial charge on any atom is -0.497 e. The fraction of sp³-hybridized carbons (Fsp3) is 0.364. The molecule has 14 heteroatoms. The zero-order chi connectivity index (χ0) is 26.1. The summed E-state index contributed by atoms with van der Waals surface area (Å²) in [5.74, 6) is 0.291. The van der Waals surface area contributed by atoms with Crippen LogP contribution < -0.4 is 4.74 Å². The Balaban J connectivity index is 1.44. The highest BCUT2D eigenvalue weighted by molar-refractivity contribution is 5.94. The zero-order valence-electron chi connectivity index (χ0n) is 18.8. The zero-order valence-corrected chi connectivity index (χ0v) is 18.8. The Hall–Kier alpha value is -3.68. The third-order valence-electron chi connectivity index (χ3n) is 5.71. The Bertz CT molecular complexity index is 1180. The number of hydrogen-bond donors (Lipinski definition) is 0. The number of piperazine rings is 1. The van der Waals surface area contributed by atoms with Gasteiger partial charge in [-0.05, 0) is 52.9 Å². The van der Waals surface area contributed by atoms with E-state index in [-0.39, 0.29) is 19.2 Å². The molecule has 1 saturated heterocycles. The second kappa shape index (κ2) is 9.76. The maximum absolute atomic E-state index is 13.1. The molecule has 192 valence electrons. The maximum atomic E-state index is 13.1. The van der Waals surface area contributed by atoms with Crippen LogP contribution in [0.5, 0.6) is 5.75 Å². The minimum absolute atomic E-state index is 0.00170. The lowest BCUT2D eigenvalue weighted by atomic mass is 10.0. The smallest absolute Gasteiger partial charge is 0.416 e. The van der Waals surface area contributed by atoms with Gasteiger partial charge in [0.15, 0.2) is 5.82 Å². The van der Waals surface area contributed by atoms with Gasteiger partial charge in [0.2, 0.25) is 0 Å². The summed E-state index contributed by atoms with van der Waals surface area (Å²) in [6.45, 7) is 1.20. The molecule has 0 aliphatic carbocycles. The highest BCUT2D eigenvalue weighted by atomic mass is 19.4. The second-order valence-electron chi connectivity index (χ2n) is 8.07. The van der Waals surface area contributed by atoms with E-state index >= 15 is 0 Å². The first-order valence-corrected chi connectivity index (χ1v) is 10.7. The number of carbonyl (C=O) groups is 1. The van der Waals surface area contributed by atoms with Gasteiger partial charge in [-0.15, -0.1) is 5.10 Å². The highest BCUT2D eigenvalue weighted by Gasteiger charge is 2.38. The molecular formula is C22H20F6N6O2. The molecule has 1 aliphatic rings. The van der Waals surface area contributed by atoms with Crippen LogP contribution in [0.3, 0.4) is 0 Å². The summed E-state index contributed by atoms with van der Waals surface area (Å²) < 4.78 is 85.5. The van der Waals surface area contributed by atoms with Gasteiger partial charge < -0.3 is 9.64 Å². The van der Waals surface area contributed by atoms with Gasteiger partial charge in [0.1, 0.15) is 5.75 Å². The van der Waals surface area contributed by atoms with E-state index in [1.807, 2.05) is 4.90 Å². The monoisotopic (exact) mass is 514 g/mol. The summed E-state index contributed by atoms with van der Waals surface area (Å²) >= 11 is 0. The Morgan fingerprint density at radius 1 is 0.917 bits per heavy atom. The van der Waals surface area contributed by atoms with Crippen molar-refractivity contribution in [1.82, 2.24) is 30.0 Å². The number of methoxy groups -OCH3 is 1. The quantitative estimate of drug-likeness (QED) is 0.484. The molecule has 0 bridgehead atoms. The van der Waals surface area contributed by atoms with Crippen molar-refractivity contribution in [3.63, 3.8) is 0 Å². The molecule has 0 radical (unpaired) electrons. The number of benzene rings is 2. The molecule has 8 nitrogen and oxygen atoms in total. The van der Waals surface area contributed by atoms with Crippen LogP contribution in [0.1, 0.15) is 27.3 Å². The molecule has 0 saturated carbocycles. The number of halogens is 6. The van der Waals surface area contributed by atoms with E-state index in [0.717, 1.165) is 0 Å². The number of nitrogens with zero attached hydrogens (tertiary/aromatic N) is 6. The average molecular weight is 514 g/mol. The highest BCUT2D eigenvalue weighted by Crippen LogP contribution is 2.36. The van der Waals surface area contributed by atoms with Crippen LogP contribution in [0.4, 0.5) is 26.3 Å². The first-order valence-electron chi connectivity index (χ1n) is 10.7. The normalized spacial score (nSPS) is 15.2. The lowest BCUT2D eigenvalue weighted by Gasteiger charge is -2.34. The minimum atomic E-state index is -5.02. The number of rotatable bonds is 5. The lowest BCUT2D eigenvalue weighted by molar-refractivity contribution is -0.143. The molecule has 3 aromatic rings. The Morgan fingerprint density at radius 2 is 1.50 bits per heavy atom. The molecule has 2 heterocycles. The lowest BCUT2D eigenvalue weighted by Crippen LogP contribution is -2.48. The van der Waals surface area contributed by atoms with Crippen molar-refractivity contribution in [3.8, 4) is 11.4 Å². The third kappa shape index (κ3) is 5.58. The summed E-state index contributed by atoms with van der Waals surface area (Å²) in [7, 11) is 1.55. The molecule has 0 N–H and O–H groups in total. The molecule has 4 rings (SSSR count). The van der Waals surface area contributed by atoms with Crippen LogP contribution in [0.15, 0.2) is 42.5 Å². The van der Waals surface area contributed by atoms with E-state index in [9.17, 15) is 31.1 Å². The topological polar surface area (TPSA) is 76.4 Å². The van der Waals surface area contributed by atoms with E-state index in [2.05, 4.69) is 15.5 Å². The van der Waals surface area contributed by atoms with Crippen molar-refractivity contribution >= 4 is 5.91 Å². The molecule has 1 aromatic heterocycles.